The first-order valence-corrected chi connectivity index (χ1v) is 3.28. The van der Waals surface area contributed by atoms with Crippen molar-refractivity contribution in [2.75, 3.05) is 7.11 Å². The molecule has 1 fully saturated rings. The van der Waals surface area contributed by atoms with Gasteiger partial charge in [0.25, 0.3) is 0 Å². The minimum Gasteiger partial charge on any atom is -0.381 e. The molecule has 0 aromatic rings. The Labute approximate surface area is 55.4 Å². The molecule has 0 aliphatic heterocycles. The van der Waals surface area contributed by atoms with Gasteiger partial charge in [-0.2, -0.15) is 5.26 Å². The van der Waals surface area contributed by atoms with Crippen LogP contribution in [0.4, 0.5) is 0 Å². The molecule has 0 spiro atoms. The second-order valence-electron chi connectivity index (χ2n) is 2.47. The smallest absolute Gasteiger partial charge is 0.0625 e. The van der Waals surface area contributed by atoms with Gasteiger partial charge in [-0.3, -0.25) is 0 Å². The number of nitrogens with zero attached hydrogens (tertiary/aromatic N) is 1. The van der Waals surface area contributed by atoms with Crippen molar-refractivity contribution in [2.24, 2.45) is 5.92 Å². The lowest BCUT2D eigenvalue weighted by atomic mass is 9.80. The van der Waals surface area contributed by atoms with Crippen molar-refractivity contribution < 1.29 is 4.74 Å². The third-order valence-corrected chi connectivity index (χ3v) is 2.00. The molecule has 0 aromatic carbocycles. The van der Waals surface area contributed by atoms with Crippen LogP contribution < -0.4 is 0 Å². The molecule has 2 nitrogen and oxygen atoms in total. The summed E-state index contributed by atoms with van der Waals surface area (Å²) in [5.41, 5.74) is 0. The van der Waals surface area contributed by atoms with Crippen molar-refractivity contribution in [3.05, 3.63) is 0 Å². The van der Waals surface area contributed by atoms with Crippen molar-refractivity contribution in [2.45, 2.75) is 25.4 Å². The monoisotopic (exact) mass is 125 g/mol. The first-order chi connectivity index (χ1) is 4.38. The molecule has 0 heterocycles. The maximum atomic E-state index is 8.31. The molecule has 9 heavy (non-hydrogen) atoms. The molecule has 0 amide bonds. The van der Waals surface area contributed by atoms with Crippen LogP contribution in [0.15, 0.2) is 0 Å². The van der Waals surface area contributed by atoms with Gasteiger partial charge in [0.15, 0.2) is 0 Å². The van der Waals surface area contributed by atoms with Crippen LogP contribution in [0, 0.1) is 17.2 Å². The Hall–Kier alpha value is -0.550. The zero-order chi connectivity index (χ0) is 6.69. The molecular formula is C7H11NO. The third-order valence-electron chi connectivity index (χ3n) is 2.00. The lowest BCUT2D eigenvalue weighted by Gasteiger charge is -2.33. The van der Waals surface area contributed by atoms with Crippen molar-refractivity contribution in [3.8, 4) is 6.07 Å². The molecule has 1 aliphatic rings. The Morgan fingerprint density at radius 2 is 2.44 bits per heavy atom. The Balaban J connectivity index is 2.21. The van der Waals surface area contributed by atoms with Crippen molar-refractivity contribution in [1.29, 1.82) is 5.26 Å². The maximum absolute atomic E-state index is 8.31. The van der Waals surface area contributed by atoms with Gasteiger partial charge in [0.1, 0.15) is 0 Å². The Kier molecular flexibility index (Phi) is 2.07. The summed E-state index contributed by atoms with van der Waals surface area (Å²) in [6.07, 6.45) is 3.36. The van der Waals surface area contributed by atoms with E-state index in [1.807, 2.05) is 0 Å². The fourth-order valence-corrected chi connectivity index (χ4v) is 1.20. The van der Waals surface area contributed by atoms with E-state index in [9.17, 15) is 0 Å². The lowest BCUT2D eigenvalue weighted by molar-refractivity contribution is -0.0138. The normalized spacial score (nSPS) is 32.9. The number of nitriles is 1. The van der Waals surface area contributed by atoms with Crippen LogP contribution in [-0.4, -0.2) is 13.2 Å². The molecule has 0 N–H and O–H groups in total. The van der Waals surface area contributed by atoms with Gasteiger partial charge in [-0.25, -0.2) is 0 Å². The second kappa shape index (κ2) is 2.84. The summed E-state index contributed by atoms with van der Waals surface area (Å²) >= 11 is 0. The SMILES string of the molecule is COC1CCC1CC#N. The number of hydrogen-bond acceptors (Lipinski definition) is 2. The molecule has 0 bridgehead atoms. The second-order valence-corrected chi connectivity index (χ2v) is 2.47. The van der Waals surface area contributed by atoms with Crippen LogP contribution in [0.1, 0.15) is 19.3 Å². The summed E-state index contributed by atoms with van der Waals surface area (Å²) in [6, 6.07) is 2.15. The van der Waals surface area contributed by atoms with E-state index in [4.69, 9.17) is 10.00 Å². The number of ether oxygens (including phenoxy) is 1. The largest absolute Gasteiger partial charge is 0.381 e. The van der Waals surface area contributed by atoms with Crippen LogP contribution in [0.3, 0.4) is 0 Å². The minimum absolute atomic E-state index is 0.379. The summed E-state index contributed by atoms with van der Waals surface area (Å²) in [4.78, 5) is 0. The van der Waals surface area contributed by atoms with Gasteiger partial charge in [-0.1, -0.05) is 0 Å². The number of hydrogen-bond donors (Lipinski definition) is 0. The zero-order valence-electron chi connectivity index (χ0n) is 5.63. The van der Waals surface area contributed by atoms with Gasteiger partial charge in [0.2, 0.25) is 0 Å². The molecule has 0 radical (unpaired) electrons. The minimum atomic E-state index is 0.379. The van der Waals surface area contributed by atoms with Crippen molar-refractivity contribution in [1.82, 2.24) is 0 Å². The molecular weight excluding hydrogens is 114 g/mol. The fraction of sp³-hybridized carbons (Fsp3) is 0.857. The Bertz CT molecular complexity index is 125. The predicted octanol–water partition coefficient (Wildman–Crippen LogP) is 1.33. The van der Waals surface area contributed by atoms with Gasteiger partial charge in [0, 0.05) is 13.5 Å². The first kappa shape index (κ1) is 6.57. The highest BCUT2D eigenvalue weighted by Gasteiger charge is 2.29. The summed E-state index contributed by atoms with van der Waals surface area (Å²) in [5.74, 6) is 0.528. The van der Waals surface area contributed by atoms with Crippen LogP contribution in [-0.2, 0) is 4.74 Å². The van der Waals surface area contributed by atoms with E-state index >= 15 is 0 Å². The van der Waals surface area contributed by atoms with Crippen LogP contribution >= 0.6 is 0 Å². The highest BCUT2D eigenvalue weighted by atomic mass is 16.5. The van der Waals surface area contributed by atoms with E-state index in [1.165, 1.54) is 6.42 Å². The molecule has 0 saturated heterocycles. The molecule has 2 heteroatoms. The van der Waals surface area contributed by atoms with E-state index in [0.717, 1.165) is 6.42 Å². The van der Waals surface area contributed by atoms with Gasteiger partial charge in [-0.15, -0.1) is 0 Å². The fourth-order valence-electron chi connectivity index (χ4n) is 1.20. The molecule has 1 saturated carbocycles. The van der Waals surface area contributed by atoms with E-state index in [0.29, 0.717) is 18.4 Å². The van der Waals surface area contributed by atoms with Crippen LogP contribution in [0.2, 0.25) is 0 Å². The van der Waals surface area contributed by atoms with E-state index in [2.05, 4.69) is 6.07 Å². The highest BCUT2D eigenvalue weighted by Crippen LogP contribution is 2.31. The summed E-state index contributed by atoms with van der Waals surface area (Å²) in [7, 11) is 1.72. The Morgan fingerprint density at radius 1 is 1.67 bits per heavy atom. The molecule has 1 aliphatic carbocycles. The van der Waals surface area contributed by atoms with Crippen molar-refractivity contribution >= 4 is 0 Å². The van der Waals surface area contributed by atoms with Gasteiger partial charge < -0.3 is 4.74 Å². The quantitative estimate of drug-likeness (QED) is 0.557. The van der Waals surface area contributed by atoms with E-state index in [-0.39, 0.29) is 0 Å². The molecule has 1 rings (SSSR count). The van der Waals surface area contributed by atoms with Gasteiger partial charge >= 0.3 is 0 Å². The summed E-state index contributed by atoms with van der Waals surface area (Å²) < 4.78 is 5.10. The zero-order valence-corrected chi connectivity index (χ0v) is 5.63. The third kappa shape index (κ3) is 1.22. The number of methoxy groups -OCH3 is 1. The average molecular weight is 125 g/mol. The average Bonchev–Trinajstić information content (AvgIpc) is 1.82. The van der Waals surface area contributed by atoms with Gasteiger partial charge in [-0.05, 0) is 18.8 Å². The molecule has 50 valence electrons. The van der Waals surface area contributed by atoms with Crippen LogP contribution in [0.25, 0.3) is 0 Å². The maximum Gasteiger partial charge on any atom is 0.0625 e. The summed E-state index contributed by atoms with van der Waals surface area (Å²) in [5, 5.41) is 8.31. The van der Waals surface area contributed by atoms with Crippen LogP contribution in [0.5, 0.6) is 0 Å². The highest BCUT2D eigenvalue weighted by molar-refractivity contribution is 4.88. The first-order valence-electron chi connectivity index (χ1n) is 3.28. The van der Waals surface area contributed by atoms with Gasteiger partial charge in [0.05, 0.1) is 12.2 Å². The molecule has 2 atom stereocenters. The number of rotatable bonds is 2. The van der Waals surface area contributed by atoms with E-state index < -0.39 is 0 Å². The Morgan fingerprint density at radius 3 is 2.78 bits per heavy atom. The lowest BCUT2D eigenvalue weighted by Crippen LogP contribution is -2.32. The molecule has 2 unspecified atom stereocenters. The van der Waals surface area contributed by atoms with E-state index in [1.54, 1.807) is 7.11 Å². The topological polar surface area (TPSA) is 33.0 Å². The molecule has 0 aromatic heterocycles. The predicted molar refractivity (Wildman–Crippen MR) is 33.8 cm³/mol. The summed E-state index contributed by atoms with van der Waals surface area (Å²) in [6.45, 7) is 0. The standard InChI is InChI=1S/C7H11NO/c1-9-7-3-2-6(7)4-5-8/h6-7H,2-4H2,1H3. The van der Waals surface area contributed by atoms with Crippen molar-refractivity contribution in [3.63, 3.8) is 0 Å².